The molecule has 1 saturated heterocycles. The Morgan fingerprint density at radius 1 is 1.52 bits per heavy atom. The number of amides is 1. The maximum atomic E-state index is 12.8. The third kappa shape index (κ3) is 2.40. The number of methoxy groups -OCH3 is 1. The van der Waals surface area contributed by atoms with E-state index in [1.165, 1.54) is 11.3 Å². The number of aromatic nitrogens is 4. The van der Waals surface area contributed by atoms with Gasteiger partial charge in [-0.25, -0.2) is 9.67 Å². The van der Waals surface area contributed by atoms with Crippen molar-refractivity contribution in [3.05, 3.63) is 22.5 Å². The molecule has 2 aromatic rings. The van der Waals surface area contributed by atoms with E-state index in [1.54, 1.807) is 13.3 Å². The van der Waals surface area contributed by atoms with Crippen LogP contribution in [-0.4, -0.2) is 57.1 Å². The van der Waals surface area contributed by atoms with Crippen molar-refractivity contribution < 1.29 is 14.3 Å². The van der Waals surface area contributed by atoms with E-state index in [-0.39, 0.29) is 18.1 Å². The Kier molecular flexibility index (Phi) is 3.53. The molecule has 0 radical (unpaired) electrons. The first kappa shape index (κ1) is 14.6. The second kappa shape index (κ2) is 5.57. The summed E-state index contributed by atoms with van der Waals surface area (Å²) in [6, 6.07) is 0.155. The Balaban J connectivity index is 1.52. The number of ether oxygens (including phenoxy) is 2. The SMILES string of the molecule is COc1nc(C)c(C(=O)N2CC[C@H]3[C@H](C2)OCc2cnnn23)s1. The number of hydrogen-bond acceptors (Lipinski definition) is 7. The summed E-state index contributed by atoms with van der Waals surface area (Å²) >= 11 is 1.29. The van der Waals surface area contributed by atoms with Gasteiger partial charge in [-0.1, -0.05) is 16.6 Å². The highest BCUT2D eigenvalue weighted by molar-refractivity contribution is 7.15. The van der Waals surface area contributed by atoms with Gasteiger partial charge in [0.1, 0.15) is 4.88 Å². The second-order valence-corrected chi connectivity index (χ2v) is 6.69. The van der Waals surface area contributed by atoms with Crippen molar-refractivity contribution >= 4 is 17.2 Å². The van der Waals surface area contributed by atoms with E-state index in [0.29, 0.717) is 35.5 Å². The van der Waals surface area contributed by atoms with E-state index >= 15 is 0 Å². The van der Waals surface area contributed by atoms with Crippen molar-refractivity contribution in [2.45, 2.75) is 32.1 Å². The molecule has 1 fully saturated rings. The average molecular weight is 335 g/mol. The molecule has 4 heterocycles. The van der Waals surface area contributed by atoms with E-state index in [4.69, 9.17) is 9.47 Å². The number of fused-ring (bicyclic) bond motifs is 3. The standard InChI is InChI=1S/C14H17N5O3S/c1-8-12(23-14(16-8)21-2)13(20)18-4-3-10-11(6-18)22-7-9-5-15-17-19(9)10/h5,10-11H,3-4,6-7H2,1-2H3/t10-,11-/m0/s1. The Morgan fingerprint density at radius 3 is 3.17 bits per heavy atom. The van der Waals surface area contributed by atoms with Crippen molar-refractivity contribution in [1.82, 2.24) is 24.9 Å². The van der Waals surface area contributed by atoms with Crippen LogP contribution in [0.5, 0.6) is 5.19 Å². The van der Waals surface area contributed by atoms with Crippen LogP contribution in [0, 0.1) is 6.92 Å². The minimum Gasteiger partial charge on any atom is -0.473 e. The largest absolute Gasteiger partial charge is 0.473 e. The van der Waals surface area contributed by atoms with Gasteiger partial charge in [0.2, 0.25) is 0 Å². The molecule has 2 aliphatic heterocycles. The number of hydrogen-bond donors (Lipinski definition) is 0. The van der Waals surface area contributed by atoms with Gasteiger partial charge in [0.15, 0.2) is 0 Å². The number of carbonyl (C=O) groups excluding carboxylic acids is 1. The molecule has 2 aromatic heterocycles. The summed E-state index contributed by atoms with van der Waals surface area (Å²) < 4.78 is 13.0. The summed E-state index contributed by atoms with van der Waals surface area (Å²) in [6.45, 7) is 3.55. The first-order chi connectivity index (χ1) is 11.2. The zero-order valence-corrected chi connectivity index (χ0v) is 13.7. The van der Waals surface area contributed by atoms with Crippen LogP contribution in [0.4, 0.5) is 0 Å². The zero-order chi connectivity index (χ0) is 16.0. The number of rotatable bonds is 2. The predicted molar refractivity (Wildman–Crippen MR) is 81.6 cm³/mol. The number of aryl methyl sites for hydroxylation is 1. The highest BCUT2D eigenvalue weighted by atomic mass is 32.1. The third-order valence-electron chi connectivity index (χ3n) is 4.37. The summed E-state index contributed by atoms with van der Waals surface area (Å²) in [5.74, 6) is -0.00487. The molecule has 2 aliphatic rings. The number of nitrogens with zero attached hydrogens (tertiary/aromatic N) is 5. The number of carbonyl (C=O) groups is 1. The Morgan fingerprint density at radius 2 is 2.39 bits per heavy atom. The lowest BCUT2D eigenvalue weighted by Gasteiger charge is -2.40. The van der Waals surface area contributed by atoms with Gasteiger partial charge in [-0.3, -0.25) is 4.79 Å². The monoisotopic (exact) mass is 335 g/mol. The fraction of sp³-hybridized carbons (Fsp3) is 0.571. The first-order valence-electron chi connectivity index (χ1n) is 7.48. The first-order valence-corrected chi connectivity index (χ1v) is 8.30. The topological polar surface area (TPSA) is 82.4 Å². The van der Waals surface area contributed by atoms with Crippen molar-refractivity contribution in [2.24, 2.45) is 0 Å². The molecular formula is C14H17N5O3S. The molecule has 2 atom stereocenters. The van der Waals surface area contributed by atoms with Crippen LogP contribution in [0.1, 0.15) is 33.5 Å². The second-order valence-electron chi connectivity index (χ2n) is 5.72. The molecule has 23 heavy (non-hydrogen) atoms. The van der Waals surface area contributed by atoms with Crippen molar-refractivity contribution in [3.63, 3.8) is 0 Å². The predicted octanol–water partition coefficient (Wildman–Crippen LogP) is 1.04. The fourth-order valence-electron chi connectivity index (χ4n) is 3.17. The number of piperidine rings is 1. The summed E-state index contributed by atoms with van der Waals surface area (Å²) in [7, 11) is 1.56. The van der Waals surface area contributed by atoms with Gasteiger partial charge in [-0.2, -0.15) is 0 Å². The number of thiazole rings is 1. The lowest BCUT2D eigenvalue weighted by molar-refractivity contribution is -0.0627. The van der Waals surface area contributed by atoms with Gasteiger partial charge in [-0.15, -0.1) is 5.10 Å². The molecule has 1 amide bonds. The van der Waals surface area contributed by atoms with E-state index < -0.39 is 0 Å². The quantitative estimate of drug-likeness (QED) is 0.815. The van der Waals surface area contributed by atoms with Crippen LogP contribution in [0.3, 0.4) is 0 Å². The molecule has 0 unspecified atom stereocenters. The lowest BCUT2D eigenvalue weighted by Crippen LogP contribution is -2.50. The normalized spacial score (nSPS) is 23.3. The third-order valence-corrected chi connectivity index (χ3v) is 5.47. The van der Waals surface area contributed by atoms with E-state index in [1.807, 2.05) is 16.5 Å². The number of likely N-dealkylation sites (tertiary alicyclic amines) is 1. The fourth-order valence-corrected chi connectivity index (χ4v) is 4.02. The van der Waals surface area contributed by atoms with Gasteiger partial charge < -0.3 is 14.4 Å². The lowest BCUT2D eigenvalue weighted by atomic mass is 10.00. The smallest absolute Gasteiger partial charge is 0.273 e. The molecule has 0 aromatic carbocycles. The minimum atomic E-state index is -0.0444. The maximum Gasteiger partial charge on any atom is 0.273 e. The Bertz CT molecular complexity index is 743. The van der Waals surface area contributed by atoms with Gasteiger partial charge in [0.25, 0.3) is 11.1 Å². The Hall–Kier alpha value is -2.00. The van der Waals surface area contributed by atoms with E-state index in [0.717, 1.165) is 12.1 Å². The summed E-state index contributed by atoms with van der Waals surface area (Å²) in [5, 5.41) is 8.62. The van der Waals surface area contributed by atoms with Crippen molar-refractivity contribution in [2.75, 3.05) is 20.2 Å². The zero-order valence-electron chi connectivity index (χ0n) is 12.9. The molecule has 9 heteroatoms. The van der Waals surface area contributed by atoms with Gasteiger partial charge in [0, 0.05) is 13.1 Å². The highest BCUT2D eigenvalue weighted by Crippen LogP contribution is 2.32. The van der Waals surface area contributed by atoms with Gasteiger partial charge in [-0.05, 0) is 13.3 Å². The summed E-state index contributed by atoms with van der Waals surface area (Å²) in [4.78, 5) is 19.5. The molecule has 0 saturated carbocycles. The molecule has 122 valence electrons. The van der Waals surface area contributed by atoms with Gasteiger partial charge in [0.05, 0.1) is 43.4 Å². The summed E-state index contributed by atoms with van der Waals surface area (Å²) in [5.41, 5.74) is 1.70. The van der Waals surface area contributed by atoms with Gasteiger partial charge >= 0.3 is 0 Å². The van der Waals surface area contributed by atoms with Crippen LogP contribution < -0.4 is 4.74 Å². The van der Waals surface area contributed by atoms with E-state index in [2.05, 4.69) is 15.3 Å². The molecule has 0 N–H and O–H groups in total. The van der Waals surface area contributed by atoms with Crippen LogP contribution in [0.15, 0.2) is 6.20 Å². The van der Waals surface area contributed by atoms with Crippen molar-refractivity contribution in [3.8, 4) is 5.19 Å². The molecule has 8 nitrogen and oxygen atoms in total. The molecule has 0 spiro atoms. The molecule has 0 bridgehead atoms. The molecular weight excluding hydrogens is 318 g/mol. The minimum absolute atomic E-state index is 0.00487. The van der Waals surface area contributed by atoms with Crippen LogP contribution in [-0.2, 0) is 11.3 Å². The van der Waals surface area contributed by atoms with Crippen LogP contribution in [0.2, 0.25) is 0 Å². The van der Waals surface area contributed by atoms with Crippen molar-refractivity contribution in [1.29, 1.82) is 0 Å². The summed E-state index contributed by atoms with van der Waals surface area (Å²) in [6.07, 6.45) is 2.50. The van der Waals surface area contributed by atoms with Crippen LogP contribution >= 0.6 is 11.3 Å². The molecule has 4 rings (SSSR count). The molecule has 0 aliphatic carbocycles. The van der Waals surface area contributed by atoms with E-state index in [9.17, 15) is 4.79 Å². The van der Waals surface area contributed by atoms with Crippen LogP contribution in [0.25, 0.3) is 0 Å². The maximum absolute atomic E-state index is 12.8. The average Bonchev–Trinajstić information content (AvgIpc) is 3.19. The Labute approximate surface area is 137 Å². The highest BCUT2D eigenvalue weighted by Gasteiger charge is 2.38.